The van der Waals surface area contributed by atoms with Crippen LogP contribution in [0.3, 0.4) is 0 Å². The van der Waals surface area contributed by atoms with Crippen molar-refractivity contribution in [2.24, 2.45) is 17.8 Å². The van der Waals surface area contributed by atoms with E-state index in [-0.39, 0.29) is 44.1 Å². The van der Waals surface area contributed by atoms with Crippen LogP contribution in [0.25, 0.3) is 0 Å². The largest absolute Gasteiger partial charge is 0.461 e. The van der Waals surface area contributed by atoms with E-state index in [4.69, 9.17) is 9.47 Å². The number of ether oxygens (including phenoxy) is 2. The van der Waals surface area contributed by atoms with Crippen LogP contribution in [0.4, 0.5) is 0 Å². The van der Waals surface area contributed by atoms with E-state index in [1.807, 2.05) is 149 Å². The summed E-state index contributed by atoms with van der Waals surface area (Å²) in [7, 11) is 0. The molecule has 56 heavy (non-hydrogen) atoms. The normalized spacial score (nSPS) is 13.8. The maximum Gasteiger partial charge on any atom is 0.312 e. The van der Waals surface area contributed by atoms with Gasteiger partial charge in [-0.3, -0.25) is 24.0 Å². The van der Waals surface area contributed by atoms with Gasteiger partial charge < -0.3 is 20.1 Å². The van der Waals surface area contributed by atoms with Crippen LogP contribution >= 0.6 is 0 Å². The highest BCUT2D eigenvalue weighted by molar-refractivity contribution is 5.94. The molecule has 1 unspecified atom stereocenters. The molecule has 0 saturated carbocycles. The molecule has 9 nitrogen and oxygen atoms in total. The van der Waals surface area contributed by atoms with Gasteiger partial charge in [0.2, 0.25) is 11.8 Å². The monoisotopic (exact) mass is 760 g/mol. The smallest absolute Gasteiger partial charge is 0.312 e. The second kappa shape index (κ2) is 20.5. The number of Topliss-reactive ketones (excluding diaryl/α,β-unsaturated/α-hetero) is 2. The lowest BCUT2D eigenvalue weighted by molar-refractivity contribution is -0.162. The highest BCUT2D eigenvalue weighted by atomic mass is 16.5. The topological polar surface area (TPSA) is 128 Å². The minimum absolute atomic E-state index is 0.0218. The summed E-state index contributed by atoms with van der Waals surface area (Å²) in [4.78, 5) is 68.6. The van der Waals surface area contributed by atoms with Crippen molar-refractivity contribution in [3.63, 3.8) is 0 Å². The van der Waals surface area contributed by atoms with E-state index < -0.39 is 52.6 Å². The Bertz CT molecular complexity index is 1780. The molecule has 0 aromatic heterocycles. The second-order valence-electron chi connectivity index (χ2n) is 15.4. The van der Waals surface area contributed by atoms with Crippen molar-refractivity contribution in [3.8, 4) is 0 Å². The summed E-state index contributed by atoms with van der Waals surface area (Å²) in [6, 6.07) is 37.9. The van der Waals surface area contributed by atoms with E-state index in [9.17, 15) is 24.0 Å². The third-order valence-electron chi connectivity index (χ3n) is 9.90. The highest BCUT2D eigenvalue weighted by Gasteiger charge is 2.39. The molecule has 0 aliphatic rings. The number of ketones is 2. The zero-order valence-electron chi connectivity index (χ0n) is 33.5. The van der Waals surface area contributed by atoms with Crippen molar-refractivity contribution in [2.45, 2.75) is 91.1 Å². The Labute approximate surface area is 331 Å². The molecule has 4 aromatic rings. The maximum absolute atomic E-state index is 14.4. The number of amides is 2. The van der Waals surface area contributed by atoms with Crippen LogP contribution in [0.2, 0.25) is 0 Å². The van der Waals surface area contributed by atoms with Crippen LogP contribution in [0, 0.1) is 17.8 Å². The second-order valence-corrected chi connectivity index (χ2v) is 15.4. The van der Waals surface area contributed by atoms with E-state index in [1.165, 1.54) is 0 Å². The van der Waals surface area contributed by atoms with Gasteiger partial charge in [0.1, 0.15) is 17.9 Å². The quantitative estimate of drug-likeness (QED) is 0.0697. The van der Waals surface area contributed by atoms with Crippen LogP contribution in [0.5, 0.6) is 0 Å². The lowest BCUT2D eigenvalue weighted by atomic mass is 9.76. The Morgan fingerprint density at radius 2 is 1.14 bits per heavy atom. The number of carbonyl (C=O) groups is 5. The maximum atomic E-state index is 14.4. The SMILES string of the molecule is CC[C@H](C)C(=O)CNC(=O)[C@@H](CC(=O)C[C@H](C(=O)OCc1ccccc1)C(C)OC(C)(C)C)CC(=O)NC(c1ccccc1)(c1ccccc1)c1ccccc1. The molecule has 4 rings (SSSR count). The Kier molecular flexibility index (Phi) is 15.9. The number of benzene rings is 4. The van der Waals surface area contributed by atoms with Crippen molar-refractivity contribution >= 4 is 29.4 Å². The molecule has 9 heteroatoms. The van der Waals surface area contributed by atoms with Gasteiger partial charge in [0, 0.05) is 25.2 Å². The Balaban J connectivity index is 1.65. The lowest BCUT2D eigenvalue weighted by Crippen LogP contribution is -2.49. The third kappa shape index (κ3) is 12.3. The number of rotatable bonds is 20. The van der Waals surface area contributed by atoms with Crippen LogP contribution in [-0.2, 0) is 45.6 Å². The predicted octanol–water partition coefficient (Wildman–Crippen LogP) is 7.74. The van der Waals surface area contributed by atoms with E-state index >= 15 is 0 Å². The molecule has 0 bridgehead atoms. The first-order valence-corrected chi connectivity index (χ1v) is 19.4. The van der Waals surface area contributed by atoms with Gasteiger partial charge in [0.25, 0.3) is 0 Å². The molecule has 0 fully saturated rings. The number of carbonyl (C=O) groups excluding carboxylic acids is 5. The summed E-state index contributed by atoms with van der Waals surface area (Å²) in [5, 5.41) is 5.97. The molecule has 0 heterocycles. The molecular formula is C47H56N2O7. The van der Waals surface area contributed by atoms with Gasteiger partial charge >= 0.3 is 5.97 Å². The summed E-state index contributed by atoms with van der Waals surface area (Å²) >= 11 is 0. The molecule has 296 valence electrons. The third-order valence-corrected chi connectivity index (χ3v) is 9.90. The average Bonchev–Trinajstić information content (AvgIpc) is 3.20. The molecule has 4 aromatic carbocycles. The van der Waals surface area contributed by atoms with Crippen molar-refractivity contribution in [1.29, 1.82) is 0 Å². The number of hydrogen-bond acceptors (Lipinski definition) is 7. The van der Waals surface area contributed by atoms with Crippen molar-refractivity contribution in [3.05, 3.63) is 144 Å². The van der Waals surface area contributed by atoms with Crippen LogP contribution in [0.1, 0.15) is 89.5 Å². The molecule has 4 atom stereocenters. The first-order valence-electron chi connectivity index (χ1n) is 19.4. The van der Waals surface area contributed by atoms with Gasteiger partial charge in [-0.1, -0.05) is 135 Å². The molecule has 0 radical (unpaired) electrons. The van der Waals surface area contributed by atoms with Crippen LogP contribution in [-0.4, -0.2) is 47.6 Å². The first kappa shape index (κ1) is 43.3. The molecule has 0 aliphatic carbocycles. The molecule has 2 amide bonds. The zero-order chi connectivity index (χ0) is 40.7. The van der Waals surface area contributed by atoms with E-state index in [0.29, 0.717) is 6.42 Å². The number of nitrogens with one attached hydrogen (secondary N) is 2. The number of esters is 1. The molecule has 0 saturated heterocycles. The highest BCUT2D eigenvalue weighted by Crippen LogP contribution is 2.37. The van der Waals surface area contributed by atoms with Crippen molar-refractivity contribution in [2.75, 3.05) is 6.54 Å². The fourth-order valence-corrected chi connectivity index (χ4v) is 6.76. The van der Waals surface area contributed by atoms with E-state index in [2.05, 4.69) is 10.6 Å². The molecule has 2 N–H and O–H groups in total. The van der Waals surface area contributed by atoms with Gasteiger partial charge in [0.15, 0.2) is 5.78 Å². The first-order chi connectivity index (χ1) is 26.7. The van der Waals surface area contributed by atoms with Crippen LogP contribution in [0.15, 0.2) is 121 Å². The van der Waals surface area contributed by atoms with Gasteiger partial charge in [0.05, 0.1) is 30.1 Å². The fourth-order valence-electron chi connectivity index (χ4n) is 6.76. The lowest BCUT2D eigenvalue weighted by Gasteiger charge is -2.37. The van der Waals surface area contributed by atoms with Gasteiger partial charge in [-0.05, 0) is 56.4 Å². The standard InChI is InChI=1S/C47H56N2O7/c1-7-33(2)42(51)31-48-44(53)36(28-40(50)30-41(34(3)56-46(4,5)6)45(54)55-32-35-20-12-8-13-21-35)29-43(52)49-47(37-22-14-9-15-23-37,38-24-16-10-17-25-38)39-26-18-11-19-27-39/h8-27,33-34,36,41H,7,28-32H2,1-6H3,(H,48,53)(H,49,52)/t33-,34?,36-,41-/m0/s1. The van der Waals surface area contributed by atoms with Gasteiger partial charge in [-0.25, -0.2) is 0 Å². The summed E-state index contributed by atoms with van der Waals surface area (Å²) in [5.74, 6) is -4.64. The minimum Gasteiger partial charge on any atom is -0.461 e. The van der Waals surface area contributed by atoms with Crippen molar-refractivity contribution in [1.82, 2.24) is 10.6 Å². The zero-order valence-corrected chi connectivity index (χ0v) is 33.5. The Hall–Kier alpha value is -5.41. The number of hydrogen-bond donors (Lipinski definition) is 2. The van der Waals surface area contributed by atoms with Crippen molar-refractivity contribution < 1.29 is 33.4 Å². The minimum atomic E-state index is -1.15. The van der Waals surface area contributed by atoms with E-state index in [0.717, 1.165) is 22.3 Å². The summed E-state index contributed by atoms with van der Waals surface area (Å²) < 4.78 is 11.8. The Morgan fingerprint density at radius 1 is 0.661 bits per heavy atom. The predicted molar refractivity (Wildman–Crippen MR) is 217 cm³/mol. The van der Waals surface area contributed by atoms with Gasteiger partial charge in [-0.15, -0.1) is 0 Å². The summed E-state index contributed by atoms with van der Waals surface area (Å²) in [5.41, 5.74) is 1.42. The summed E-state index contributed by atoms with van der Waals surface area (Å²) in [6.45, 7) is 10.8. The van der Waals surface area contributed by atoms with Crippen LogP contribution < -0.4 is 10.6 Å². The Morgan fingerprint density at radius 3 is 1.61 bits per heavy atom. The fraction of sp³-hybridized carbons (Fsp3) is 0.383. The molecule has 0 aliphatic heterocycles. The average molecular weight is 761 g/mol. The molecular weight excluding hydrogens is 705 g/mol. The van der Waals surface area contributed by atoms with E-state index in [1.54, 1.807) is 13.8 Å². The van der Waals surface area contributed by atoms with Gasteiger partial charge in [-0.2, -0.15) is 0 Å². The summed E-state index contributed by atoms with van der Waals surface area (Å²) in [6.07, 6.45) is -1.08. The molecule has 0 spiro atoms.